The molecule has 2 amide bonds. The zero-order chi connectivity index (χ0) is 23.2. The van der Waals surface area contributed by atoms with Crippen molar-refractivity contribution in [1.82, 2.24) is 15.4 Å². The number of benzene rings is 2. The highest BCUT2D eigenvalue weighted by molar-refractivity contribution is 7.89. The normalized spacial score (nSPS) is 12.6. The lowest BCUT2D eigenvalue weighted by molar-refractivity contribution is -0.124. The van der Waals surface area contributed by atoms with Gasteiger partial charge >= 0.3 is 0 Å². The molecular weight excluding hydrogens is 414 g/mol. The van der Waals surface area contributed by atoms with Crippen LogP contribution in [0, 0.1) is 12.8 Å². The Morgan fingerprint density at radius 1 is 0.968 bits per heavy atom. The van der Waals surface area contributed by atoms with Gasteiger partial charge in [-0.3, -0.25) is 9.59 Å². The van der Waals surface area contributed by atoms with E-state index in [2.05, 4.69) is 15.4 Å². The molecule has 0 heterocycles. The Bertz CT molecular complexity index is 1030. The number of carbonyl (C=O) groups excluding carboxylic acids is 2. The molecule has 1 atom stereocenters. The van der Waals surface area contributed by atoms with Crippen LogP contribution in [0.2, 0.25) is 0 Å². The number of hydrogen-bond acceptors (Lipinski definition) is 4. The van der Waals surface area contributed by atoms with Crippen molar-refractivity contribution in [3.63, 3.8) is 0 Å². The summed E-state index contributed by atoms with van der Waals surface area (Å²) in [5.74, 6) is -0.764. The fraction of sp³-hybridized carbons (Fsp3) is 0.391. The third kappa shape index (κ3) is 6.90. The first-order valence-electron chi connectivity index (χ1n) is 10.3. The second-order valence-corrected chi connectivity index (χ2v) is 9.87. The van der Waals surface area contributed by atoms with Gasteiger partial charge in [-0.15, -0.1) is 0 Å². The first kappa shape index (κ1) is 24.6. The standard InChI is InChI=1S/C23H31N3O4S/c1-15(2)21(25-22(27)20-12-7-6-9-17(20)5)23(28)24-14-18-10-8-11-19(13-18)31(29,30)26-16(3)4/h6-13,15-16,21,26H,14H2,1-5H3,(H,24,28)(H,25,27). The van der Waals surface area contributed by atoms with Crippen LogP contribution < -0.4 is 15.4 Å². The van der Waals surface area contributed by atoms with Gasteiger partial charge in [0.1, 0.15) is 6.04 Å². The molecule has 2 aromatic rings. The van der Waals surface area contributed by atoms with Crippen molar-refractivity contribution in [2.24, 2.45) is 5.92 Å². The van der Waals surface area contributed by atoms with E-state index in [1.54, 1.807) is 38.1 Å². The number of amides is 2. The van der Waals surface area contributed by atoms with Gasteiger partial charge in [-0.25, -0.2) is 13.1 Å². The summed E-state index contributed by atoms with van der Waals surface area (Å²) in [4.78, 5) is 25.6. The van der Waals surface area contributed by atoms with Crippen molar-refractivity contribution in [3.05, 3.63) is 65.2 Å². The summed E-state index contributed by atoms with van der Waals surface area (Å²) in [6.07, 6.45) is 0. The maximum absolute atomic E-state index is 12.8. The summed E-state index contributed by atoms with van der Waals surface area (Å²) in [5.41, 5.74) is 2.00. The molecule has 0 saturated heterocycles. The first-order chi connectivity index (χ1) is 14.5. The maximum atomic E-state index is 12.8. The Morgan fingerprint density at radius 2 is 1.65 bits per heavy atom. The number of hydrogen-bond donors (Lipinski definition) is 3. The minimum absolute atomic E-state index is 0.130. The highest BCUT2D eigenvalue weighted by Crippen LogP contribution is 2.13. The zero-order valence-corrected chi connectivity index (χ0v) is 19.4. The van der Waals surface area contributed by atoms with Crippen LogP contribution in [0.25, 0.3) is 0 Å². The summed E-state index contributed by atoms with van der Waals surface area (Å²) in [5, 5.41) is 5.61. The molecule has 0 fully saturated rings. The van der Waals surface area contributed by atoms with Crippen LogP contribution in [-0.2, 0) is 21.4 Å². The Kier molecular flexibility index (Phi) is 8.36. The second-order valence-electron chi connectivity index (χ2n) is 8.15. The average molecular weight is 446 g/mol. The van der Waals surface area contributed by atoms with Crippen molar-refractivity contribution in [1.29, 1.82) is 0 Å². The molecule has 31 heavy (non-hydrogen) atoms. The molecule has 168 valence electrons. The van der Waals surface area contributed by atoms with Gasteiger partial charge in [0.2, 0.25) is 15.9 Å². The van der Waals surface area contributed by atoms with E-state index in [0.717, 1.165) is 5.56 Å². The van der Waals surface area contributed by atoms with E-state index in [1.807, 2.05) is 32.9 Å². The van der Waals surface area contributed by atoms with E-state index in [9.17, 15) is 18.0 Å². The molecule has 0 spiro atoms. The van der Waals surface area contributed by atoms with Crippen molar-refractivity contribution in [2.45, 2.75) is 58.1 Å². The predicted molar refractivity (Wildman–Crippen MR) is 121 cm³/mol. The van der Waals surface area contributed by atoms with Crippen molar-refractivity contribution in [2.75, 3.05) is 0 Å². The molecule has 0 saturated carbocycles. The number of aryl methyl sites for hydroxylation is 1. The molecule has 3 N–H and O–H groups in total. The summed E-state index contributed by atoms with van der Waals surface area (Å²) in [6.45, 7) is 9.19. The van der Waals surface area contributed by atoms with Gasteiger partial charge in [-0.2, -0.15) is 0 Å². The Hall–Kier alpha value is -2.71. The minimum atomic E-state index is -3.62. The van der Waals surface area contributed by atoms with Crippen LogP contribution in [0.3, 0.4) is 0 Å². The fourth-order valence-electron chi connectivity index (χ4n) is 3.08. The lowest BCUT2D eigenvalue weighted by atomic mass is 10.0. The van der Waals surface area contributed by atoms with Gasteiger partial charge in [0.25, 0.3) is 5.91 Å². The second kappa shape index (κ2) is 10.5. The molecule has 1 unspecified atom stereocenters. The van der Waals surface area contributed by atoms with E-state index in [0.29, 0.717) is 11.1 Å². The zero-order valence-electron chi connectivity index (χ0n) is 18.6. The lowest BCUT2D eigenvalue weighted by Crippen LogP contribution is -2.49. The minimum Gasteiger partial charge on any atom is -0.350 e. The predicted octanol–water partition coefficient (Wildman–Crippen LogP) is 2.75. The number of carbonyl (C=O) groups is 2. The molecule has 0 aliphatic rings. The van der Waals surface area contributed by atoms with Crippen LogP contribution in [-0.4, -0.2) is 32.3 Å². The van der Waals surface area contributed by atoms with Crippen LogP contribution in [0.15, 0.2) is 53.4 Å². The molecule has 0 aliphatic heterocycles. The van der Waals surface area contributed by atoms with Crippen LogP contribution in [0.5, 0.6) is 0 Å². The molecular formula is C23H31N3O4S. The third-order valence-corrected chi connectivity index (χ3v) is 6.35. The van der Waals surface area contributed by atoms with Crippen LogP contribution in [0.4, 0.5) is 0 Å². The van der Waals surface area contributed by atoms with Gasteiger partial charge in [-0.05, 0) is 56.0 Å². The van der Waals surface area contributed by atoms with E-state index in [4.69, 9.17) is 0 Å². The number of nitrogens with one attached hydrogen (secondary N) is 3. The van der Waals surface area contributed by atoms with Crippen LogP contribution in [0.1, 0.15) is 49.2 Å². The van der Waals surface area contributed by atoms with Gasteiger partial charge < -0.3 is 10.6 Å². The molecule has 2 rings (SSSR count). The van der Waals surface area contributed by atoms with Crippen molar-refractivity contribution in [3.8, 4) is 0 Å². The fourth-order valence-corrected chi connectivity index (χ4v) is 4.40. The maximum Gasteiger partial charge on any atom is 0.252 e. The molecule has 7 nitrogen and oxygen atoms in total. The molecule has 8 heteroatoms. The summed E-state index contributed by atoms with van der Waals surface area (Å²) >= 11 is 0. The number of sulfonamides is 1. The Morgan fingerprint density at radius 3 is 2.26 bits per heavy atom. The van der Waals surface area contributed by atoms with E-state index >= 15 is 0 Å². The van der Waals surface area contributed by atoms with Gasteiger partial charge in [0.15, 0.2) is 0 Å². The molecule has 0 bridgehead atoms. The molecule has 0 radical (unpaired) electrons. The summed E-state index contributed by atoms with van der Waals surface area (Å²) in [6, 6.07) is 12.7. The van der Waals surface area contributed by atoms with Crippen molar-refractivity contribution >= 4 is 21.8 Å². The van der Waals surface area contributed by atoms with Gasteiger partial charge in [0, 0.05) is 18.2 Å². The average Bonchev–Trinajstić information content (AvgIpc) is 2.69. The first-order valence-corrected chi connectivity index (χ1v) is 11.7. The largest absolute Gasteiger partial charge is 0.350 e. The highest BCUT2D eigenvalue weighted by Gasteiger charge is 2.25. The molecule has 2 aromatic carbocycles. The van der Waals surface area contributed by atoms with Gasteiger partial charge in [0.05, 0.1) is 4.90 Å². The van der Waals surface area contributed by atoms with E-state index in [-0.39, 0.29) is 35.2 Å². The highest BCUT2D eigenvalue weighted by atomic mass is 32.2. The third-order valence-electron chi connectivity index (χ3n) is 4.69. The Balaban J connectivity index is 2.08. The van der Waals surface area contributed by atoms with Gasteiger partial charge in [-0.1, -0.05) is 44.2 Å². The van der Waals surface area contributed by atoms with E-state index < -0.39 is 16.1 Å². The number of rotatable bonds is 9. The summed E-state index contributed by atoms with van der Waals surface area (Å²) < 4.78 is 27.3. The Labute approximate surface area is 184 Å². The SMILES string of the molecule is Cc1ccccc1C(=O)NC(C(=O)NCc1cccc(S(=O)(=O)NC(C)C)c1)C(C)C. The molecule has 0 aliphatic carbocycles. The lowest BCUT2D eigenvalue weighted by Gasteiger charge is -2.22. The smallest absolute Gasteiger partial charge is 0.252 e. The quantitative estimate of drug-likeness (QED) is 0.552. The molecule has 0 aromatic heterocycles. The van der Waals surface area contributed by atoms with Crippen molar-refractivity contribution < 1.29 is 18.0 Å². The van der Waals surface area contributed by atoms with E-state index in [1.165, 1.54) is 12.1 Å². The monoisotopic (exact) mass is 445 g/mol. The topological polar surface area (TPSA) is 104 Å². The summed E-state index contributed by atoms with van der Waals surface area (Å²) in [7, 11) is -3.62. The van der Waals surface area contributed by atoms with Crippen LogP contribution >= 0.6 is 0 Å².